The van der Waals surface area contributed by atoms with Crippen LogP contribution in [0.15, 0.2) is 0 Å². The maximum absolute atomic E-state index is 6.71. The first-order chi connectivity index (χ1) is 14.1. The van der Waals surface area contributed by atoms with Gasteiger partial charge in [0.05, 0.1) is 13.2 Å². The van der Waals surface area contributed by atoms with Crippen LogP contribution >= 0.6 is 0 Å². The quantitative estimate of drug-likeness (QED) is 0.148. The van der Waals surface area contributed by atoms with E-state index in [1.54, 1.807) is 7.11 Å². The Bertz CT molecular complexity index is 478. The predicted octanol–water partition coefficient (Wildman–Crippen LogP) is 5.07. The van der Waals surface area contributed by atoms with Crippen LogP contribution in [-0.4, -0.2) is 83.2 Å². The summed E-state index contributed by atoms with van der Waals surface area (Å²) in [5, 5.41) is 0. The average molecular weight is 619 g/mol. The molecule has 0 saturated carbocycles. The Hall–Kier alpha value is 1.91. The Morgan fingerprint density at radius 3 is 1.62 bits per heavy atom. The van der Waals surface area contributed by atoms with E-state index in [2.05, 4.69) is 65.5 Å². The van der Waals surface area contributed by atoms with Crippen molar-refractivity contribution in [1.29, 1.82) is 0 Å². The fourth-order valence-electron chi connectivity index (χ4n) is 3.28. The summed E-state index contributed by atoms with van der Waals surface area (Å²) in [6, 6.07) is 0.865. The minimum Gasteiger partial charge on any atom is -0.437 e. The van der Waals surface area contributed by atoms with Crippen LogP contribution in [0, 0.1) is 0 Å². The molecule has 13 heteroatoms. The SMILES string of the molecule is COCCCOCCOCCC[Si](C)(O[Si](C)O[Si](C)(C)C)O[Si](C)(C)O[Si](C)(C)C.[Y]. The number of hydrogen-bond donors (Lipinski definition) is 0. The van der Waals surface area contributed by atoms with Gasteiger partial charge in [0.2, 0.25) is 0 Å². The molecule has 0 fully saturated rings. The van der Waals surface area contributed by atoms with Crippen molar-refractivity contribution in [2.45, 2.75) is 84.4 Å². The Labute approximate surface area is 229 Å². The van der Waals surface area contributed by atoms with Crippen LogP contribution in [-0.2, 0) is 63.4 Å². The normalized spacial score (nSPS) is 15.0. The van der Waals surface area contributed by atoms with Gasteiger partial charge in [-0.1, -0.05) is 0 Å². The molecule has 0 aliphatic rings. The maximum Gasteiger partial charge on any atom is 0.360 e. The first kappa shape index (κ1) is 36.1. The standard InChI is InChI=1S/C19H49O7Si5.Y/c1-20-14-12-15-21-17-18-22-16-13-19-31(11,24-27(2)23-28(3,4)5)26-30(9,10)25-29(6,7)8;/h12-19H2,1-11H3;. The van der Waals surface area contributed by atoms with Crippen molar-refractivity contribution >= 4 is 43.0 Å². The van der Waals surface area contributed by atoms with Gasteiger partial charge < -0.3 is 30.7 Å². The summed E-state index contributed by atoms with van der Waals surface area (Å²) in [6.45, 7) is 25.1. The van der Waals surface area contributed by atoms with Gasteiger partial charge in [0.1, 0.15) is 0 Å². The molecule has 0 rings (SSSR count). The summed E-state index contributed by atoms with van der Waals surface area (Å²) in [6.07, 6.45) is 1.81. The molecule has 0 aromatic heterocycles. The number of ether oxygens (including phenoxy) is 3. The van der Waals surface area contributed by atoms with Gasteiger partial charge in [-0.05, 0) is 84.4 Å². The fourth-order valence-corrected chi connectivity index (χ4v) is 22.4. The molecule has 0 bridgehead atoms. The Kier molecular flexibility index (Phi) is 19.6. The van der Waals surface area contributed by atoms with Gasteiger partial charge in [0.25, 0.3) is 0 Å². The van der Waals surface area contributed by atoms with E-state index in [0.29, 0.717) is 26.4 Å². The monoisotopic (exact) mass is 618 g/mol. The van der Waals surface area contributed by atoms with Gasteiger partial charge in [0.15, 0.2) is 16.6 Å². The summed E-state index contributed by atoms with van der Waals surface area (Å²) in [4.78, 5) is 0. The average Bonchev–Trinajstić information content (AvgIpc) is 2.51. The molecule has 0 amide bonds. The second-order valence-electron chi connectivity index (χ2n) is 10.3. The van der Waals surface area contributed by atoms with Gasteiger partial charge in [-0.2, -0.15) is 0 Å². The van der Waals surface area contributed by atoms with Crippen LogP contribution in [0.2, 0.25) is 71.5 Å². The smallest absolute Gasteiger partial charge is 0.360 e. The zero-order chi connectivity index (χ0) is 24.2. The molecular weight excluding hydrogens is 570 g/mol. The Balaban J connectivity index is 0. The van der Waals surface area contributed by atoms with Crippen LogP contribution < -0.4 is 0 Å². The van der Waals surface area contributed by atoms with E-state index in [0.717, 1.165) is 25.5 Å². The van der Waals surface area contributed by atoms with Gasteiger partial charge in [-0.25, -0.2) is 0 Å². The van der Waals surface area contributed by atoms with Crippen LogP contribution in [0.5, 0.6) is 0 Å². The number of rotatable bonds is 19. The fraction of sp³-hybridized carbons (Fsp3) is 1.00. The van der Waals surface area contributed by atoms with Crippen molar-refractivity contribution in [3.05, 3.63) is 0 Å². The topological polar surface area (TPSA) is 64.6 Å². The summed E-state index contributed by atoms with van der Waals surface area (Å²) in [7, 11) is -7.78. The third kappa shape index (κ3) is 22.4. The molecular formula is C19H49O7Si5Y. The van der Waals surface area contributed by atoms with Gasteiger partial charge in [0, 0.05) is 59.6 Å². The van der Waals surface area contributed by atoms with Crippen molar-refractivity contribution in [3.8, 4) is 0 Å². The van der Waals surface area contributed by atoms with Crippen molar-refractivity contribution in [1.82, 2.24) is 0 Å². The van der Waals surface area contributed by atoms with E-state index >= 15 is 0 Å². The number of methoxy groups -OCH3 is 1. The molecule has 1 unspecified atom stereocenters. The molecule has 32 heavy (non-hydrogen) atoms. The predicted molar refractivity (Wildman–Crippen MR) is 139 cm³/mol. The van der Waals surface area contributed by atoms with Gasteiger partial charge in [-0.3, -0.25) is 0 Å². The van der Waals surface area contributed by atoms with E-state index in [-0.39, 0.29) is 32.7 Å². The second kappa shape index (κ2) is 17.4. The molecule has 0 saturated heterocycles. The molecule has 190 valence electrons. The summed E-state index contributed by atoms with van der Waals surface area (Å²) in [5.41, 5.74) is 0. The largest absolute Gasteiger partial charge is 0.437 e. The third-order valence-corrected chi connectivity index (χ3v) is 19.6. The third-order valence-electron chi connectivity index (χ3n) is 3.75. The Morgan fingerprint density at radius 1 is 0.625 bits per heavy atom. The van der Waals surface area contributed by atoms with Crippen molar-refractivity contribution in [3.63, 3.8) is 0 Å². The first-order valence-corrected chi connectivity index (χ1v) is 25.3. The summed E-state index contributed by atoms with van der Waals surface area (Å²) in [5.74, 6) is 0. The van der Waals surface area contributed by atoms with Crippen LogP contribution in [0.4, 0.5) is 0 Å². The molecule has 1 atom stereocenters. The molecule has 0 aromatic carbocycles. The second-order valence-corrected chi connectivity index (χ2v) is 28.6. The molecule has 0 aromatic rings. The van der Waals surface area contributed by atoms with Crippen LogP contribution in [0.25, 0.3) is 0 Å². The molecule has 0 aliphatic carbocycles. The van der Waals surface area contributed by atoms with Gasteiger partial charge >= 0.3 is 26.4 Å². The van der Waals surface area contributed by atoms with Crippen molar-refractivity contribution in [2.24, 2.45) is 0 Å². The molecule has 0 heterocycles. The van der Waals surface area contributed by atoms with E-state index in [1.165, 1.54) is 0 Å². The van der Waals surface area contributed by atoms with E-state index in [9.17, 15) is 0 Å². The zero-order valence-electron chi connectivity index (χ0n) is 22.6. The van der Waals surface area contributed by atoms with E-state index in [1.807, 2.05) is 0 Å². The van der Waals surface area contributed by atoms with Crippen molar-refractivity contribution < 1.29 is 63.4 Å². The van der Waals surface area contributed by atoms with Crippen LogP contribution in [0.1, 0.15) is 12.8 Å². The minimum absolute atomic E-state index is 0. The molecule has 0 aliphatic heterocycles. The maximum atomic E-state index is 6.71. The van der Waals surface area contributed by atoms with Crippen molar-refractivity contribution in [2.75, 3.05) is 40.1 Å². The zero-order valence-corrected chi connectivity index (χ0v) is 30.4. The minimum atomic E-state index is -2.46. The summed E-state index contributed by atoms with van der Waals surface area (Å²) >= 11 is 0. The Morgan fingerprint density at radius 2 is 1.16 bits per heavy atom. The molecule has 0 spiro atoms. The molecule has 0 N–H and O–H groups in total. The first-order valence-electron chi connectivity index (χ1n) is 11.3. The van der Waals surface area contributed by atoms with Gasteiger partial charge in [-0.15, -0.1) is 0 Å². The summed E-state index contributed by atoms with van der Waals surface area (Å²) < 4.78 is 42.2. The van der Waals surface area contributed by atoms with E-state index < -0.39 is 43.0 Å². The van der Waals surface area contributed by atoms with E-state index in [4.69, 9.17) is 30.7 Å². The van der Waals surface area contributed by atoms with Crippen LogP contribution in [0.3, 0.4) is 0 Å². The number of hydrogen-bond acceptors (Lipinski definition) is 7. The molecule has 7 nitrogen and oxygen atoms in total. The molecule has 2 radical (unpaired) electrons.